The van der Waals surface area contributed by atoms with Crippen LogP contribution in [0.3, 0.4) is 0 Å². The average Bonchev–Trinajstić information content (AvgIpc) is 2.47. The maximum atomic E-state index is 12.0. The van der Waals surface area contributed by atoms with Crippen molar-refractivity contribution < 1.29 is 19.4 Å². The predicted molar refractivity (Wildman–Crippen MR) is 75.9 cm³/mol. The van der Waals surface area contributed by atoms with Crippen molar-refractivity contribution in [3.05, 3.63) is 73.8 Å². The Balaban J connectivity index is 2.24. The lowest BCUT2D eigenvalue weighted by atomic mass is 10.1. The van der Waals surface area contributed by atoms with Crippen LogP contribution in [0.4, 0.5) is 11.4 Å². The molecule has 0 saturated heterocycles. The van der Waals surface area contributed by atoms with Gasteiger partial charge in [-0.15, -0.1) is 0 Å². The first-order valence-corrected chi connectivity index (χ1v) is 6.11. The average molecular weight is 302 g/mol. The third kappa shape index (κ3) is 3.06. The number of nitro groups is 2. The summed E-state index contributed by atoms with van der Waals surface area (Å²) in [6.07, 6.45) is 0. The number of hydrogen-bond donors (Lipinski definition) is 0. The number of carbonyl (C=O) groups excluding carboxylic acids is 1. The van der Waals surface area contributed by atoms with E-state index < -0.39 is 15.8 Å². The fourth-order valence-corrected chi connectivity index (χ4v) is 1.84. The van der Waals surface area contributed by atoms with Crippen LogP contribution in [0.2, 0.25) is 0 Å². The number of hydrogen-bond acceptors (Lipinski definition) is 6. The number of ether oxygens (including phenoxy) is 1. The molecule has 0 N–H and O–H groups in total. The van der Waals surface area contributed by atoms with Crippen molar-refractivity contribution in [3.8, 4) is 5.75 Å². The maximum absolute atomic E-state index is 12.0. The van der Waals surface area contributed by atoms with Crippen molar-refractivity contribution in [1.29, 1.82) is 0 Å². The van der Waals surface area contributed by atoms with Crippen LogP contribution < -0.4 is 4.74 Å². The van der Waals surface area contributed by atoms with E-state index in [0.717, 1.165) is 0 Å². The van der Waals surface area contributed by atoms with E-state index in [2.05, 4.69) is 0 Å². The minimum atomic E-state index is -0.768. The molecule has 0 atom stereocenters. The van der Waals surface area contributed by atoms with Crippen molar-refractivity contribution >= 4 is 17.3 Å². The minimum absolute atomic E-state index is 0.0625. The number of esters is 1. The van der Waals surface area contributed by atoms with Crippen molar-refractivity contribution in [3.63, 3.8) is 0 Å². The molecule has 2 aromatic carbocycles. The molecule has 2 rings (SSSR count). The van der Waals surface area contributed by atoms with Crippen LogP contribution in [0.5, 0.6) is 5.75 Å². The van der Waals surface area contributed by atoms with E-state index in [9.17, 15) is 25.0 Å². The van der Waals surface area contributed by atoms with Gasteiger partial charge in [-0.25, -0.2) is 4.79 Å². The van der Waals surface area contributed by atoms with Gasteiger partial charge in [0.25, 0.3) is 11.4 Å². The smallest absolute Gasteiger partial charge is 0.344 e. The molecule has 0 aromatic heterocycles. The van der Waals surface area contributed by atoms with Gasteiger partial charge in [0, 0.05) is 23.8 Å². The van der Waals surface area contributed by atoms with Crippen molar-refractivity contribution in [2.24, 2.45) is 0 Å². The molecular formula is C14H10N2O6. The number of non-ortho nitro benzene ring substituents is 1. The molecule has 0 amide bonds. The van der Waals surface area contributed by atoms with Crippen LogP contribution in [0.25, 0.3) is 0 Å². The van der Waals surface area contributed by atoms with Gasteiger partial charge >= 0.3 is 5.97 Å². The van der Waals surface area contributed by atoms with Crippen LogP contribution in [0.15, 0.2) is 42.5 Å². The summed E-state index contributed by atoms with van der Waals surface area (Å²) in [7, 11) is 0. The summed E-state index contributed by atoms with van der Waals surface area (Å²) in [5, 5.41) is 21.4. The van der Waals surface area contributed by atoms with Crippen LogP contribution in [0, 0.1) is 27.2 Å². The Morgan fingerprint density at radius 3 is 2.18 bits per heavy atom. The summed E-state index contributed by atoms with van der Waals surface area (Å²) in [5.74, 6) is -0.656. The standard InChI is InChI=1S/C14H10N2O6/c1-9-12(3-2-4-13(9)16(20)21)14(17)22-11-7-5-10(6-8-11)15(18)19/h2-8H,1H3. The Hall–Kier alpha value is -3.29. The Kier molecular flexibility index (Phi) is 4.12. The van der Waals surface area contributed by atoms with Gasteiger partial charge < -0.3 is 4.74 Å². The third-order valence-corrected chi connectivity index (χ3v) is 2.98. The number of benzene rings is 2. The highest BCUT2D eigenvalue weighted by Crippen LogP contribution is 2.23. The lowest BCUT2D eigenvalue weighted by molar-refractivity contribution is -0.385. The SMILES string of the molecule is Cc1c(C(=O)Oc2ccc([N+](=O)[O-])cc2)cccc1[N+](=O)[O-]. The minimum Gasteiger partial charge on any atom is -0.423 e. The summed E-state index contributed by atoms with van der Waals surface area (Å²) in [6.45, 7) is 1.45. The second kappa shape index (κ2) is 6.00. The number of carbonyl (C=O) groups is 1. The molecule has 22 heavy (non-hydrogen) atoms. The van der Waals surface area contributed by atoms with Gasteiger partial charge in [-0.1, -0.05) is 6.07 Å². The molecule has 0 unspecified atom stereocenters. The summed E-state index contributed by atoms with van der Waals surface area (Å²) >= 11 is 0. The molecule has 0 radical (unpaired) electrons. The van der Waals surface area contributed by atoms with E-state index in [0.29, 0.717) is 0 Å². The van der Waals surface area contributed by atoms with Crippen molar-refractivity contribution in [1.82, 2.24) is 0 Å². The van der Waals surface area contributed by atoms with Crippen LogP contribution in [-0.4, -0.2) is 15.8 Å². The maximum Gasteiger partial charge on any atom is 0.344 e. The molecule has 0 aliphatic carbocycles. The van der Waals surface area contributed by atoms with E-state index in [-0.39, 0.29) is 28.3 Å². The lowest BCUT2D eigenvalue weighted by Crippen LogP contribution is -2.11. The molecule has 0 spiro atoms. The van der Waals surface area contributed by atoms with Crippen molar-refractivity contribution in [2.75, 3.05) is 0 Å². The molecule has 112 valence electrons. The summed E-state index contributed by atoms with van der Waals surface area (Å²) in [6, 6.07) is 9.04. The summed E-state index contributed by atoms with van der Waals surface area (Å²) < 4.78 is 5.07. The second-order valence-corrected chi connectivity index (χ2v) is 4.35. The zero-order valence-corrected chi connectivity index (χ0v) is 11.4. The van der Waals surface area contributed by atoms with Crippen LogP contribution >= 0.6 is 0 Å². The van der Waals surface area contributed by atoms with Crippen LogP contribution in [-0.2, 0) is 0 Å². The highest BCUT2D eigenvalue weighted by atomic mass is 16.6. The van der Waals surface area contributed by atoms with Gasteiger partial charge in [-0.3, -0.25) is 20.2 Å². The third-order valence-electron chi connectivity index (χ3n) is 2.98. The quantitative estimate of drug-likeness (QED) is 0.371. The van der Waals surface area contributed by atoms with Gasteiger partial charge in [-0.05, 0) is 25.1 Å². The topological polar surface area (TPSA) is 113 Å². The summed E-state index contributed by atoms with van der Waals surface area (Å²) in [5.41, 5.74) is -0.0588. The van der Waals surface area contributed by atoms with E-state index in [4.69, 9.17) is 4.74 Å². The molecule has 0 aliphatic rings. The Bertz CT molecular complexity index is 754. The van der Waals surface area contributed by atoms with Gasteiger partial charge in [0.05, 0.1) is 15.4 Å². The van der Waals surface area contributed by atoms with Gasteiger partial charge in [-0.2, -0.15) is 0 Å². The number of nitro benzene ring substituents is 2. The molecule has 0 bridgehead atoms. The molecule has 0 heterocycles. The molecule has 0 fully saturated rings. The van der Waals surface area contributed by atoms with E-state index in [1.165, 1.54) is 49.4 Å². The predicted octanol–water partition coefficient (Wildman–Crippen LogP) is 3.03. The highest BCUT2D eigenvalue weighted by Gasteiger charge is 2.19. The largest absolute Gasteiger partial charge is 0.423 e. The first kappa shape index (κ1) is 15.1. The normalized spacial score (nSPS) is 10.0. The van der Waals surface area contributed by atoms with E-state index >= 15 is 0 Å². The molecule has 8 heteroatoms. The van der Waals surface area contributed by atoms with Crippen molar-refractivity contribution in [2.45, 2.75) is 6.92 Å². The number of rotatable bonds is 4. The Morgan fingerprint density at radius 1 is 1.00 bits per heavy atom. The molecule has 2 aromatic rings. The van der Waals surface area contributed by atoms with Gasteiger partial charge in [0.2, 0.25) is 0 Å². The van der Waals surface area contributed by atoms with Crippen LogP contribution in [0.1, 0.15) is 15.9 Å². The Labute approximate surface area is 124 Å². The zero-order valence-electron chi connectivity index (χ0n) is 11.4. The van der Waals surface area contributed by atoms with Gasteiger partial charge in [0.15, 0.2) is 0 Å². The first-order valence-electron chi connectivity index (χ1n) is 6.11. The fourth-order valence-electron chi connectivity index (χ4n) is 1.84. The lowest BCUT2D eigenvalue weighted by Gasteiger charge is -2.06. The monoisotopic (exact) mass is 302 g/mol. The van der Waals surface area contributed by atoms with E-state index in [1.54, 1.807) is 0 Å². The molecule has 8 nitrogen and oxygen atoms in total. The Morgan fingerprint density at radius 2 is 1.64 bits per heavy atom. The van der Waals surface area contributed by atoms with Gasteiger partial charge in [0.1, 0.15) is 5.75 Å². The molecule has 0 saturated carbocycles. The second-order valence-electron chi connectivity index (χ2n) is 4.35. The number of nitrogens with zero attached hydrogens (tertiary/aromatic N) is 2. The first-order chi connectivity index (χ1) is 10.4. The fraction of sp³-hybridized carbons (Fsp3) is 0.0714. The summed E-state index contributed by atoms with van der Waals surface area (Å²) in [4.78, 5) is 32.3. The highest BCUT2D eigenvalue weighted by molar-refractivity contribution is 5.93. The molecule has 0 aliphatic heterocycles. The zero-order chi connectivity index (χ0) is 16.3. The van der Waals surface area contributed by atoms with E-state index in [1.807, 2.05) is 0 Å². The molecular weight excluding hydrogens is 292 g/mol.